The number of benzene rings is 1. The second-order valence-corrected chi connectivity index (χ2v) is 6.10. The van der Waals surface area contributed by atoms with Gasteiger partial charge in [0, 0.05) is 25.7 Å². The van der Waals surface area contributed by atoms with Crippen LogP contribution in [0.15, 0.2) is 48.8 Å². The van der Waals surface area contributed by atoms with Crippen LogP contribution in [0.2, 0.25) is 0 Å². The number of carbonyl (C=O) groups excluding carboxylic acids is 1. The molecule has 2 N–H and O–H groups in total. The Morgan fingerprint density at radius 2 is 1.77 bits per heavy atom. The maximum Gasteiger partial charge on any atom is 0.326 e. The first kappa shape index (κ1) is 19.4. The van der Waals surface area contributed by atoms with E-state index < -0.39 is 12.0 Å². The first-order chi connectivity index (χ1) is 12.5. The fourth-order valence-electron chi connectivity index (χ4n) is 2.57. The van der Waals surface area contributed by atoms with Gasteiger partial charge in [0.15, 0.2) is 0 Å². The van der Waals surface area contributed by atoms with Crippen molar-refractivity contribution in [1.82, 2.24) is 10.3 Å². The summed E-state index contributed by atoms with van der Waals surface area (Å²) in [6, 6.07) is 10.4. The van der Waals surface area contributed by atoms with Gasteiger partial charge in [0.05, 0.1) is 6.61 Å². The maximum absolute atomic E-state index is 11.2. The number of rotatable bonds is 10. The third kappa shape index (κ3) is 6.93. The van der Waals surface area contributed by atoms with Crippen LogP contribution in [0.4, 0.5) is 0 Å². The minimum absolute atomic E-state index is 0.237. The highest BCUT2D eigenvalue weighted by atomic mass is 16.5. The molecule has 2 aromatic rings. The van der Waals surface area contributed by atoms with Gasteiger partial charge in [-0.25, -0.2) is 4.79 Å². The van der Waals surface area contributed by atoms with E-state index in [0.29, 0.717) is 6.61 Å². The van der Waals surface area contributed by atoms with E-state index >= 15 is 0 Å². The average molecular weight is 356 g/mol. The van der Waals surface area contributed by atoms with Crippen molar-refractivity contribution in [2.24, 2.45) is 0 Å². The molecule has 1 heterocycles. The van der Waals surface area contributed by atoms with E-state index in [4.69, 9.17) is 9.84 Å². The van der Waals surface area contributed by atoms with Crippen molar-refractivity contribution in [2.75, 3.05) is 6.61 Å². The number of pyridine rings is 1. The van der Waals surface area contributed by atoms with Gasteiger partial charge in [-0.1, -0.05) is 12.1 Å². The summed E-state index contributed by atoms with van der Waals surface area (Å²) in [6.45, 7) is 1.94. The fraction of sp³-hybridized carbons (Fsp3) is 0.350. The number of nitrogens with zero attached hydrogens (tertiary/aromatic N) is 1. The van der Waals surface area contributed by atoms with Gasteiger partial charge in [-0.05, 0) is 54.7 Å². The number of hydrogen-bond donors (Lipinski definition) is 2. The van der Waals surface area contributed by atoms with Gasteiger partial charge >= 0.3 is 5.97 Å². The molecule has 0 aliphatic rings. The summed E-state index contributed by atoms with van der Waals surface area (Å²) in [5.41, 5.74) is 2.10. The topological polar surface area (TPSA) is 88.5 Å². The van der Waals surface area contributed by atoms with Crippen LogP contribution >= 0.6 is 0 Å². The van der Waals surface area contributed by atoms with E-state index in [1.54, 1.807) is 12.4 Å². The average Bonchev–Trinajstić information content (AvgIpc) is 2.62. The predicted octanol–water partition coefficient (Wildman–Crippen LogP) is 2.62. The number of unbranched alkanes of at least 4 members (excludes halogenated alkanes) is 1. The fourth-order valence-corrected chi connectivity index (χ4v) is 2.57. The van der Waals surface area contributed by atoms with Crippen LogP contribution in [0.1, 0.15) is 30.9 Å². The number of carboxylic acid groups (broad SMARTS) is 1. The number of carboxylic acids is 1. The van der Waals surface area contributed by atoms with Gasteiger partial charge in [0.2, 0.25) is 5.91 Å². The molecular weight excluding hydrogens is 332 g/mol. The Kier molecular flexibility index (Phi) is 7.61. The van der Waals surface area contributed by atoms with E-state index in [1.165, 1.54) is 12.5 Å². The predicted molar refractivity (Wildman–Crippen MR) is 98.1 cm³/mol. The van der Waals surface area contributed by atoms with Gasteiger partial charge in [0.25, 0.3) is 0 Å². The smallest absolute Gasteiger partial charge is 0.326 e. The Morgan fingerprint density at radius 3 is 2.38 bits per heavy atom. The SMILES string of the molecule is CC(=O)N[C@@H](Cc1ccc(OCCCCc2ccncc2)cc1)C(=O)O. The molecule has 0 unspecified atom stereocenters. The minimum Gasteiger partial charge on any atom is -0.494 e. The molecule has 0 radical (unpaired) electrons. The lowest BCUT2D eigenvalue weighted by Crippen LogP contribution is -2.41. The Labute approximate surface area is 153 Å². The molecule has 0 saturated heterocycles. The number of amides is 1. The minimum atomic E-state index is -1.05. The van der Waals surface area contributed by atoms with Gasteiger partial charge in [0.1, 0.15) is 11.8 Å². The molecule has 0 aliphatic heterocycles. The molecule has 0 spiro atoms. The Hall–Kier alpha value is -2.89. The van der Waals surface area contributed by atoms with Crippen LogP contribution in [0.25, 0.3) is 0 Å². The molecule has 0 saturated carbocycles. The molecule has 0 fully saturated rings. The number of nitrogens with one attached hydrogen (secondary N) is 1. The van der Waals surface area contributed by atoms with Crippen LogP contribution in [-0.4, -0.2) is 34.6 Å². The second kappa shape index (κ2) is 10.2. The zero-order valence-corrected chi connectivity index (χ0v) is 14.9. The van der Waals surface area contributed by atoms with E-state index in [1.807, 2.05) is 36.4 Å². The summed E-state index contributed by atoms with van der Waals surface area (Å²) < 4.78 is 5.72. The molecule has 1 aromatic heterocycles. The summed E-state index contributed by atoms with van der Waals surface area (Å²) in [4.78, 5) is 26.2. The third-order valence-corrected chi connectivity index (χ3v) is 3.92. The Balaban J connectivity index is 1.73. The van der Waals surface area contributed by atoms with Crippen molar-refractivity contribution in [3.05, 3.63) is 59.9 Å². The lowest BCUT2D eigenvalue weighted by molar-refractivity contribution is -0.141. The highest BCUT2D eigenvalue weighted by molar-refractivity contribution is 5.82. The molecular formula is C20H24N2O4. The van der Waals surface area contributed by atoms with Crippen molar-refractivity contribution >= 4 is 11.9 Å². The number of aromatic nitrogens is 1. The van der Waals surface area contributed by atoms with Crippen LogP contribution in [0.5, 0.6) is 5.75 Å². The summed E-state index contributed by atoms with van der Waals surface area (Å²) >= 11 is 0. The van der Waals surface area contributed by atoms with E-state index in [0.717, 1.165) is 30.6 Å². The molecule has 138 valence electrons. The van der Waals surface area contributed by atoms with E-state index in [2.05, 4.69) is 10.3 Å². The number of aryl methyl sites for hydroxylation is 1. The molecule has 2 rings (SSSR count). The molecule has 0 bridgehead atoms. The van der Waals surface area contributed by atoms with Crippen molar-refractivity contribution < 1.29 is 19.4 Å². The van der Waals surface area contributed by atoms with Gasteiger partial charge in [-0.3, -0.25) is 9.78 Å². The summed E-state index contributed by atoms with van der Waals surface area (Å²) in [7, 11) is 0. The first-order valence-electron chi connectivity index (χ1n) is 8.65. The normalized spacial score (nSPS) is 11.6. The van der Waals surface area contributed by atoms with Gasteiger partial charge in [-0.2, -0.15) is 0 Å². The van der Waals surface area contributed by atoms with Crippen LogP contribution in [0, 0.1) is 0 Å². The summed E-state index contributed by atoms with van der Waals surface area (Å²) in [6.07, 6.45) is 6.83. The molecule has 26 heavy (non-hydrogen) atoms. The van der Waals surface area contributed by atoms with E-state index in [9.17, 15) is 9.59 Å². The monoisotopic (exact) mass is 356 g/mol. The van der Waals surface area contributed by atoms with Crippen molar-refractivity contribution in [2.45, 2.75) is 38.6 Å². The lowest BCUT2D eigenvalue weighted by atomic mass is 10.1. The largest absolute Gasteiger partial charge is 0.494 e. The summed E-state index contributed by atoms with van der Waals surface area (Å²) in [5.74, 6) is -0.650. The second-order valence-electron chi connectivity index (χ2n) is 6.10. The molecule has 0 aliphatic carbocycles. The standard InChI is InChI=1S/C20H24N2O4/c1-15(23)22-19(20(24)25)14-17-5-7-18(8-6-17)26-13-3-2-4-16-9-11-21-12-10-16/h5-12,19H,2-4,13-14H2,1H3,(H,22,23)(H,24,25)/t19-/m0/s1. The zero-order valence-electron chi connectivity index (χ0n) is 14.9. The van der Waals surface area contributed by atoms with Crippen molar-refractivity contribution in [1.29, 1.82) is 0 Å². The molecule has 6 nitrogen and oxygen atoms in total. The summed E-state index contributed by atoms with van der Waals surface area (Å²) in [5, 5.41) is 11.6. The maximum atomic E-state index is 11.2. The zero-order chi connectivity index (χ0) is 18.8. The van der Waals surface area contributed by atoms with Crippen LogP contribution < -0.4 is 10.1 Å². The first-order valence-corrected chi connectivity index (χ1v) is 8.65. The quantitative estimate of drug-likeness (QED) is 0.639. The molecule has 1 aromatic carbocycles. The van der Waals surface area contributed by atoms with Gasteiger partial charge in [-0.15, -0.1) is 0 Å². The van der Waals surface area contributed by atoms with E-state index in [-0.39, 0.29) is 12.3 Å². The molecule has 1 amide bonds. The number of aliphatic carboxylic acids is 1. The molecule has 1 atom stereocenters. The van der Waals surface area contributed by atoms with Crippen LogP contribution in [0.3, 0.4) is 0 Å². The molecule has 6 heteroatoms. The number of ether oxygens (including phenoxy) is 1. The number of carbonyl (C=O) groups is 2. The van der Waals surface area contributed by atoms with Gasteiger partial charge < -0.3 is 15.2 Å². The third-order valence-electron chi connectivity index (χ3n) is 3.92. The van der Waals surface area contributed by atoms with Crippen LogP contribution in [-0.2, 0) is 22.4 Å². The Bertz CT molecular complexity index is 702. The highest BCUT2D eigenvalue weighted by Crippen LogP contribution is 2.14. The van der Waals surface area contributed by atoms with Crippen molar-refractivity contribution in [3.63, 3.8) is 0 Å². The number of hydrogen-bond acceptors (Lipinski definition) is 4. The Morgan fingerprint density at radius 1 is 1.08 bits per heavy atom. The lowest BCUT2D eigenvalue weighted by Gasteiger charge is -2.13. The highest BCUT2D eigenvalue weighted by Gasteiger charge is 2.18. The van der Waals surface area contributed by atoms with Crippen molar-refractivity contribution in [3.8, 4) is 5.75 Å².